The third kappa shape index (κ3) is 4.21. The van der Waals surface area contributed by atoms with Crippen LogP contribution in [0.4, 0.5) is 0 Å². The van der Waals surface area contributed by atoms with Gasteiger partial charge in [0.1, 0.15) is 0 Å². The fraction of sp³-hybridized carbons (Fsp3) is 1.00. The molecule has 0 aliphatic heterocycles. The van der Waals surface area contributed by atoms with Crippen molar-refractivity contribution in [3.63, 3.8) is 0 Å². The Hall–Kier alpha value is 0.350. The molecule has 0 saturated heterocycles. The third-order valence-corrected chi connectivity index (χ3v) is 2.79. The Morgan fingerprint density at radius 3 is 2.20 bits per heavy atom. The second kappa shape index (κ2) is 4.27. The minimum absolute atomic E-state index is 0.516. The first kappa shape index (κ1) is 10.3. The smallest absolute Gasteiger partial charge is 0.00719 e. The predicted octanol–water partition coefficient (Wildman–Crippen LogP) is 3.38. The number of rotatable bonds is 4. The molecule has 0 aromatic rings. The first-order chi connectivity index (χ1) is 4.52. The molecule has 0 aromatic heterocycles. The number of hydrogen-bond donors (Lipinski definition) is 1. The number of thiol groups is 1. The van der Waals surface area contributed by atoms with Gasteiger partial charge in [0.25, 0.3) is 0 Å². The van der Waals surface area contributed by atoms with Gasteiger partial charge in [-0.1, -0.05) is 34.1 Å². The summed E-state index contributed by atoms with van der Waals surface area (Å²) in [6.07, 6.45) is 2.57. The van der Waals surface area contributed by atoms with Crippen LogP contribution in [0.15, 0.2) is 0 Å². The van der Waals surface area contributed by atoms with Crippen molar-refractivity contribution in [1.82, 2.24) is 0 Å². The van der Waals surface area contributed by atoms with E-state index in [0.29, 0.717) is 5.41 Å². The number of hydrogen-bond acceptors (Lipinski definition) is 1. The zero-order chi connectivity index (χ0) is 8.20. The van der Waals surface area contributed by atoms with Crippen LogP contribution in [0, 0.1) is 11.3 Å². The van der Waals surface area contributed by atoms with E-state index in [-0.39, 0.29) is 0 Å². The lowest BCUT2D eigenvalue weighted by Gasteiger charge is -2.25. The van der Waals surface area contributed by atoms with Gasteiger partial charge in [0.05, 0.1) is 0 Å². The summed E-state index contributed by atoms with van der Waals surface area (Å²) in [5.41, 5.74) is 0.516. The third-order valence-electron chi connectivity index (χ3n) is 2.17. The maximum Gasteiger partial charge on any atom is -0.00719 e. The van der Waals surface area contributed by atoms with Gasteiger partial charge in [0, 0.05) is 0 Å². The normalized spacial score (nSPS) is 15.3. The molecule has 0 heterocycles. The molecule has 0 fully saturated rings. The highest BCUT2D eigenvalue weighted by atomic mass is 32.1. The van der Waals surface area contributed by atoms with Gasteiger partial charge in [-0.25, -0.2) is 0 Å². The van der Waals surface area contributed by atoms with Crippen LogP contribution in [0.2, 0.25) is 0 Å². The molecule has 1 heteroatoms. The van der Waals surface area contributed by atoms with Crippen molar-refractivity contribution >= 4 is 12.6 Å². The lowest BCUT2D eigenvalue weighted by Crippen LogP contribution is -2.14. The van der Waals surface area contributed by atoms with Gasteiger partial charge in [-0.2, -0.15) is 12.6 Å². The van der Waals surface area contributed by atoms with Crippen LogP contribution in [0.5, 0.6) is 0 Å². The summed E-state index contributed by atoms with van der Waals surface area (Å²) >= 11 is 4.27. The molecule has 0 aliphatic carbocycles. The zero-order valence-corrected chi connectivity index (χ0v) is 8.54. The molecule has 0 N–H and O–H groups in total. The summed E-state index contributed by atoms with van der Waals surface area (Å²) < 4.78 is 0. The van der Waals surface area contributed by atoms with Crippen LogP contribution in [-0.2, 0) is 0 Å². The van der Waals surface area contributed by atoms with E-state index >= 15 is 0 Å². The Bertz CT molecular complexity index is 86.7. The molecule has 0 radical (unpaired) electrons. The van der Waals surface area contributed by atoms with Crippen LogP contribution < -0.4 is 0 Å². The first-order valence-corrected chi connectivity index (χ1v) is 4.76. The van der Waals surface area contributed by atoms with Gasteiger partial charge < -0.3 is 0 Å². The second-order valence-electron chi connectivity index (χ2n) is 4.01. The maximum atomic E-state index is 4.27. The topological polar surface area (TPSA) is 0 Å². The van der Waals surface area contributed by atoms with Crippen LogP contribution >= 0.6 is 12.6 Å². The quantitative estimate of drug-likeness (QED) is 0.599. The molecular formula is C9H20S. The van der Waals surface area contributed by atoms with E-state index in [1.165, 1.54) is 12.8 Å². The maximum absolute atomic E-state index is 4.27. The minimum Gasteiger partial charge on any atom is -0.179 e. The monoisotopic (exact) mass is 160 g/mol. The summed E-state index contributed by atoms with van der Waals surface area (Å²) in [6.45, 7) is 9.18. The van der Waals surface area contributed by atoms with Crippen LogP contribution in [-0.4, -0.2) is 5.75 Å². The van der Waals surface area contributed by atoms with E-state index in [1.807, 2.05) is 0 Å². The van der Waals surface area contributed by atoms with Gasteiger partial charge in [0.2, 0.25) is 0 Å². The van der Waals surface area contributed by atoms with Gasteiger partial charge >= 0.3 is 0 Å². The molecule has 1 atom stereocenters. The zero-order valence-electron chi connectivity index (χ0n) is 7.65. The van der Waals surface area contributed by atoms with Crippen LogP contribution in [0.3, 0.4) is 0 Å². The summed E-state index contributed by atoms with van der Waals surface area (Å²) in [4.78, 5) is 0. The van der Waals surface area contributed by atoms with Gasteiger partial charge in [-0.3, -0.25) is 0 Å². The summed E-state index contributed by atoms with van der Waals surface area (Å²) in [5.74, 6) is 1.78. The molecular weight excluding hydrogens is 140 g/mol. The van der Waals surface area contributed by atoms with Gasteiger partial charge in [0.15, 0.2) is 0 Å². The van der Waals surface area contributed by atoms with Crippen molar-refractivity contribution in [2.45, 2.75) is 40.5 Å². The Labute approximate surface area is 70.8 Å². The molecule has 0 nitrogen and oxygen atoms in total. The van der Waals surface area contributed by atoms with Crippen LogP contribution in [0.25, 0.3) is 0 Å². The van der Waals surface area contributed by atoms with E-state index in [0.717, 1.165) is 11.7 Å². The predicted molar refractivity (Wildman–Crippen MR) is 51.7 cm³/mol. The fourth-order valence-electron chi connectivity index (χ4n) is 1.15. The second-order valence-corrected chi connectivity index (χ2v) is 4.37. The average molecular weight is 160 g/mol. The molecule has 0 saturated carbocycles. The van der Waals surface area contributed by atoms with E-state index < -0.39 is 0 Å². The van der Waals surface area contributed by atoms with E-state index in [2.05, 4.69) is 40.3 Å². The Kier molecular flexibility index (Phi) is 4.42. The Morgan fingerprint density at radius 1 is 1.40 bits per heavy atom. The van der Waals surface area contributed by atoms with Crippen molar-refractivity contribution in [2.75, 3.05) is 5.75 Å². The SMILES string of the molecule is CCC(C)(C)CC(C)CS. The molecule has 0 bridgehead atoms. The fourth-order valence-corrected chi connectivity index (χ4v) is 1.28. The Balaban J connectivity index is 3.64. The molecule has 0 rings (SSSR count). The standard InChI is InChI=1S/C9H20S/c1-5-9(3,4)6-8(2)7-10/h8,10H,5-7H2,1-4H3. The van der Waals surface area contributed by atoms with Crippen molar-refractivity contribution in [3.8, 4) is 0 Å². The molecule has 10 heavy (non-hydrogen) atoms. The average Bonchev–Trinajstić information content (AvgIpc) is 1.87. The van der Waals surface area contributed by atoms with Gasteiger partial charge in [-0.05, 0) is 23.5 Å². The van der Waals surface area contributed by atoms with E-state index in [9.17, 15) is 0 Å². The lowest BCUT2D eigenvalue weighted by molar-refractivity contribution is 0.279. The summed E-state index contributed by atoms with van der Waals surface area (Å²) in [6, 6.07) is 0. The molecule has 1 unspecified atom stereocenters. The first-order valence-electron chi connectivity index (χ1n) is 4.12. The van der Waals surface area contributed by atoms with Crippen molar-refractivity contribution in [1.29, 1.82) is 0 Å². The summed E-state index contributed by atoms with van der Waals surface area (Å²) in [7, 11) is 0. The molecule has 0 aromatic carbocycles. The highest BCUT2D eigenvalue weighted by molar-refractivity contribution is 7.80. The highest BCUT2D eigenvalue weighted by Crippen LogP contribution is 2.28. The molecule has 0 spiro atoms. The van der Waals surface area contributed by atoms with Crippen molar-refractivity contribution < 1.29 is 0 Å². The van der Waals surface area contributed by atoms with Gasteiger partial charge in [-0.15, -0.1) is 0 Å². The summed E-state index contributed by atoms with van der Waals surface area (Å²) in [5, 5.41) is 0. The molecule has 62 valence electrons. The molecule has 0 aliphatic rings. The largest absolute Gasteiger partial charge is 0.179 e. The van der Waals surface area contributed by atoms with E-state index in [1.54, 1.807) is 0 Å². The molecule has 0 amide bonds. The minimum atomic E-state index is 0.516. The lowest BCUT2D eigenvalue weighted by atomic mass is 9.82. The van der Waals surface area contributed by atoms with Crippen molar-refractivity contribution in [3.05, 3.63) is 0 Å². The van der Waals surface area contributed by atoms with Crippen molar-refractivity contribution in [2.24, 2.45) is 11.3 Å². The van der Waals surface area contributed by atoms with E-state index in [4.69, 9.17) is 0 Å². The Morgan fingerprint density at radius 2 is 1.90 bits per heavy atom. The van der Waals surface area contributed by atoms with Crippen LogP contribution in [0.1, 0.15) is 40.5 Å². The highest BCUT2D eigenvalue weighted by Gasteiger charge is 2.17.